The van der Waals surface area contributed by atoms with Crippen molar-refractivity contribution in [3.63, 3.8) is 0 Å². The third-order valence-electron chi connectivity index (χ3n) is 3.80. The van der Waals surface area contributed by atoms with E-state index in [0.29, 0.717) is 17.8 Å². The van der Waals surface area contributed by atoms with Crippen molar-refractivity contribution in [3.05, 3.63) is 48.1 Å². The Hall–Kier alpha value is -1.08. The van der Waals surface area contributed by atoms with Crippen LogP contribution in [0.1, 0.15) is 12.8 Å². The van der Waals surface area contributed by atoms with E-state index in [1.54, 1.807) is 0 Å². The summed E-state index contributed by atoms with van der Waals surface area (Å²) in [5.74, 6) is 1.07. The molecule has 4 atom stereocenters. The maximum Gasteiger partial charge on any atom is 0.0679 e. The Bertz CT molecular complexity index is 373. The molecule has 78 valence electrons. The van der Waals surface area contributed by atoms with Crippen molar-refractivity contribution in [1.82, 2.24) is 0 Å². The van der Waals surface area contributed by atoms with Crippen LogP contribution in [0.3, 0.4) is 0 Å². The smallest absolute Gasteiger partial charge is 0.0679 e. The molecular formula is C14H16O. The number of fused-ring (bicyclic) bond motifs is 2. The summed E-state index contributed by atoms with van der Waals surface area (Å²) >= 11 is 0. The lowest BCUT2D eigenvalue weighted by Crippen LogP contribution is -2.38. The molecule has 0 fully saturated rings. The Morgan fingerprint density at radius 1 is 1.20 bits per heavy atom. The normalized spacial score (nSPS) is 42.1. The van der Waals surface area contributed by atoms with Crippen molar-refractivity contribution in [3.8, 4) is 0 Å². The van der Waals surface area contributed by atoms with Gasteiger partial charge in [-0.05, 0) is 18.4 Å². The Balaban J connectivity index is 2.00. The first-order valence-electron chi connectivity index (χ1n) is 5.77. The predicted octanol–water partition coefficient (Wildman–Crippen LogP) is 2.61. The Morgan fingerprint density at radius 2 is 2.07 bits per heavy atom. The summed E-state index contributed by atoms with van der Waals surface area (Å²) in [5, 5.41) is 10.3. The second-order valence-electron chi connectivity index (χ2n) is 4.67. The van der Waals surface area contributed by atoms with Gasteiger partial charge in [-0.3, -0.25) is 0 Å². The highest BCUT2D eigenvalue weighted by Gasteiger charge is 2.36. The van der Waals surface area contributed by atoms with Gasteiger partial charge >= 0.3 is 0 Å². The fourth-order valence-electron chi connectivity index (χ4n) is 2.97. The molecule has 4 unspecified atom stereocenters. The zero-order chi connectivity index (χ0) is 10.3. The zero-order valence-corrected chi connectivity index (χ0v) is 8.71. The number of allylic oxidation sites excluding steroid dienone is 6. The highest BCUT2D eigenvalue weighted by atomic mass is 16.3. The molecule has 0 bridgehead atoms. The second kappa shape index (κ2) is 3.49. The van der Waals surface area contributed by atoms with Crippen LogP contribution >= 0.6 is 0 Å². The topological polar surface area (TPSA) is 20.2 Å². The van der Waals surface area contributed by atoms with Gasteiger partial charge in [-0.15, -0.1) is 0 Å². The Kier molecular flexibility index (Phi) is 2.14. The van der Waals surface area contributed by atoms with E-state index in [1.807, 2.05) is 0 Å². The Labute approximate surface area is 90.5 Å². The molecule has 0 radical (unpaired) electrons. The monoisotopic (exact) mass is 200 g/mol. The molecule has 0 aliphatic heterocycles. The standard InChI is InChI=1S/C14H16O/c15-14-12-7-3-1-5-10(12)9-11-6-2-4-8-13(11)14/h1-3,5-7,9-10,12-15H,4,8H2. The van der Waals surface area contributed by atoms with Gasteiger partial charge in [-0.2, -0.15) is 0 Å². The number of aliphatic hydroxyl groups is 1. The zero-order valence-electron chi connectivity index (χ0n) is 8.71. The fourth-order valence-corrected chi connectivity index (χ4v) is 2.97. The molecule has 3 aliphatic rings. The van der Waals surface area contributed by atoms with Crippen LogP contribution in [0.4, 0.5) is 0 Å². The van der Waals surface area contributed by atoms with Crippen LogP contribution in [0.15, 0.2) is 48.1 Å². The molecule has 1 N–H and O–H groups in total. The molecule has 1 nitrogen and oxygen atoms in total. The lowest BCUT2D eigenvalue weighted by Gasteiger charge is -2.39. The molecule has 0 saturated heterocycles. The molecule has 3 aliphatic carbocycles. The van der Waals surface area contributed by atoms with Gasteiger partial charge in [0.15, 0.2) is 0 Å². The summed E-state index contributed by atoms with van der Waals surface area (Å²) in [6, 6.07) is 0. The van der Waals surface area contributed by atoms with Crippen LogP contribution in [0.5, 0.6) is 0 Å². The van der Waals surface area contributed by atoms with Gasteiger partial charge in [0.25, 0.3) is 0 Å². The second-order valence-corrected chi connectivity index (χ2v) is 4.67. The first kappa shape index (κ1) is 9.17. The summed E-state index contributed by atoms with van der Waals surface area (Å²) in [4.78, 5) is 0. The van der Waals surface area contributed by atoms with E-state index in [-0.39, 0.29) is 6.10 Å². The molecule has 0 amide bonds. The van der Waals surface area contributed by atoms with E-state index in [2.05, 4.69) is 42.5 Å². The van der Waals surface area contributed by atoms with Crippen molar-refractivity contribution in [2.75, 3.05) is 0 Å². The van der Waals surface area contributed by atoms with Gasteiger partial charge in [0.05, 0.1) is 6.10 Å². The predicted molar refractivity (Wildman–Crippen MR) is 61.2 cm³/mol. The molecule has 0 aromatic heterocycles. The van der Waals surface area contributed by atoms with Crippen LogP contribution in [0.25, 0.3) is 0 Å². The summed E-state index contributed by atoms with van der Waals surface area (Å²) in [7, 11) is 0. The van der Waals surface area contributed by atoms with E-state index in [4.69, 9.17) is 0 Å². The maximum absolute atomic E-state index is 10.3. The lowest BCUT2D eigenvalue weighted by atomic mass is 9.68. The minimum Gasteiger partial charge on any atom is -0.392 e. The molecule has 3 rings (SSSR count). The average Bonchev–Trinajstić information content (AvgIpc) is 2.30. The highest BCUT2D eigenvalue weighted by molar-refractivity contribution is 5.34. The SMILES string of the molecule is OC1C2CCC=CC2=CC2C=CC=CC21. The number of aliphatic hydroxyl groups excluding tert-OH is 1. The number of hydrogen-bond donors (Lipinski definition) is 1. The summed E-state index contributed by atoms with van der Waals surface area (Å²) < 4.78 is 0. The molecule has 1 heteroatoms. The van der Waals surface area contributed by atoms with Gasteiger partial charge in [-0.1, -0.05) is 42.5 Å². The molecule has 0 aromatic rings. The van der Waals surface area contributed by atoms with Crippen LogP contribution < -0.4 is 0 Å². The summed E-state index contributed by atoms with van der Waals surface area (Å²) in [5.41, 5.74) is 1.34. The molecule has 0 saturated carbocycles. The fraction of sp³-hybridized carbons (Fsp3) is 0.429. The molecule has 0 heterocycles. The van der Waals surface area contributed by atoms with E-state index < -0.39 is 0 Å². The van der Waals surface area contributed by atoms with Gasteiger partial charge in [0.1, 0.15) is 0 Å². The van der Waals surface area contributed by atoms with Crippen molar-refractivity contribution >= 4 is 0 Å². The number of rotatable bonds is 0. The quantitative estimate of drug-likeness (QED) is 0.637. The van der Waals surface area contributed by atoms with Gasteiger partial charge in [0.2, 0.25) is 0 Å². The third kappa shape index (κ3) is 1.42. The highest BCUT2D eigenvalue weighted by Crippen LogP contribution is 2.40. The minimum absolute atomic E-state index is 0.193. The molecular weight excluding hydrogens is 184 g/mol. The van der Waals surface area contributed by atoms with Gasteiger partial charge in [-0.25, -0.2) is 0 Å². The molecule has 0 aromatic carbocycles. The van der Waals surface area contributed by atoms with E-state index >= 15 is 0 Å². The maximum atomic E-state index is 10.3. The Morgan fingerprint density at radius 3 is 3.00 bits per heavy atom. The minimum atomic E-state index is -0.193. The van der Waals surface area contributed by atoms with Gasteiger partial charge in [0, 0.05) is 17.8 Å². The average molecular weight is 200 g/mol. The first-order valence-corrected chi connectivity index (χ1v) is 5.77. The third-order valence-corrected chi connectivity index (χ3v) is 3.80. The molecule has 0 spiro atoms. The van der Waals surface area contributed by atoms with Crippen molar-refractivity contribution in [2.24, 2.45) is 17.8 Å². The summed E-state index contributed by atoms with van der Waals surface area (Å²) in [6.07, 6.45) is 17.2. The van der Waals surface area contributed by atoms with Crippen LogP contribution in [0.2, 0.25) is 0 Å². The van der Waals surface area contributed by atoms with Crippen molar-refractivity contribution in [1.29, 1.82) is 0 Å². The van der Waals surface area contributed by atoms with Crippen LogP contribution in [-0.4, -0.2) is 11.2 Å². The van der Waals surface area contributed by atoms with Crippen LogP contribution in [-0.2, 0) is 0 Å². The number of hydrogen-bond acceptors (Lipinski definition) is 1. The van der Waals surface area contributed by atoms with Crippen molar-refractivity contribution in [2.45, 2.75) is 18.9 Å². The van der Waals surface area contributed by atoms with E-state index in [0.717, 1.165) is 12.8 Å². The lowest BCUT2D eigenvalue weighted by molar-refractivity contribution is 0.0615. The van der Waals surface area contributed by atoms with Crippen molar-refractivity contribution < 1.29 is 5.11 Å². The first-order chi connectivity index (χ1) is 7.36. The largest absolute Gasteiger partial charge is 0.392 e. The molecule has 15 heavy (non-hydrogen) atoms. The summed E-state index contributed by atoms with van der Waals surface area (Å²) in [6.45, 7) is 0. The van der Waals surface area contributed by atoms with E-state index in [1.165, 1.54) is 5.57 Å². The van der Waals surface area contributed by atoms with Gasteiger partial charge < -0.3 is 5.11 Å². The van der Waals surface area contributed by atoms with Crippen LogP contribution in [0, 0.1) is 17.8 Å². The van der Waals surface area contributed by atoms with E-state index in [9.17, 15) is 5.11 Å².